The van der Waals surface area contributed by atoms with Crippen LogP contribution in [0.25, 0.3) is 0 Å². The molecule has 1 saturated heterocycles. The lowest BCUT2D eigenvalue weighted by atomic mass is 9.84. The van der Waals surface area contributed by atoms with Gasteiger partial charge < -0.3 is 92.1 Å². The normalized spacial score (nSPS) is 40.2. The Bertz CT molecular complexity index is 1640. The highest BCUT2D eigenvalue weighted by atomic mass is 16.7. The van der Waals surface area contributed by atoms with Crippen molar-refractivity contribution in [2.75, 3.05) is 13.2 Å². The number of esters is 1. The molecule has 0 spiro atoms. The number of unbranched alkanes of at least 4 members (excludes halogenated alkanes) is 1. The Morgan fingerprint density at radius 3 is 1.84 bits per heavy atom. The summed E-state index contributed by atoms with van der Waals surface area (Å²) in [6.07, 6.45) is -7.36. The van der Waals surface area contributed by atoms with Crippen molar-refractivity contribution in [3.8, 4) is 0 Å². The van der Waals surface area contributed by atoms with Gasteiger partial charge in [-0.2, -0.15) is 0 Å². The first-order valence-corrected chi connectivity index (χ1v) is 28.1. The first-order chi connectivity index (χ1) is 35.4. The number of allylic oxidation sites excluding steroid dienone is 1. The Morgan fingerprint density at radius 2 is 1.24 bits per heavy atom. The van der Waals surface area contributed by atoms with E-state index in [1.807, 2.05) is 40.7 Å². The first-order valence-electron chi connectivity index (χ1n) is 28.1. The van der Waals surface area contributed by atoms with Gasteiger partial charge in [-0.3, -0.25) is 9.79 Å². The van der Waals surface area contributed by atoms with Crippen molar-refractivity contribution in [2.45, 2.75) is 274 Å². The molecule has 0 amide bonds. The number of hydrogen-bond acceptors (Lipinski definition) is 18. The Balaban J connectivity index is 2.31. The Hall–Kier alpha value is -2.38. The third kappa shape index (κ3) is 26.4. The molecule has 2 aliphatic rings. The van der Waals surface area contributed by atoms with E-state index in [4.69, 9.17) is 25.7 Å². The third-order valence-electron chi connectivity index (χ3n) is 15.3. The number of ether oxygens (including phenoxy) is 3. The van der Waals surface area contributed by atoms with Crippen LogP contribution in [0.1, 0.15) is 176 Å². The molecule has 2 aliphatic heterocycles. The van der Waals surface area contributed by atoms with E-state index in [9.17, 15) is 71.2 Å². The van der Waals surface area contributed by atoms with Crippen molar-refractivity contribution < 1.29 is 85.4 Å². The smallest absolute Gasteiger partial charge is 0.311 e. The fourth-order valence-corrected chi connectivity index (χ4v) is 10.3. The summed E-state index contributed by atoms with van der Waals surface area (Å²) in [6.45, 7) is 10.8. The van der Waals surface area contributed by atoms with Gasteiger partial charge in [-0.1, -0.05) is 64.7 Å². The first kappa shape index (κ1) is 68.7. The zero-order chi connectivity index (χ0) is 56.4. The average molecular weight is 1080 g/mol. The van der Waals surface area contributed by atoms with Crippen LogP contribution < -0.4 is 11.5 Å². The number of hydrogen-bond donors (Lipinski definition) is 15. The number of carbonyl (C=O) groups is 1. The van der Waals surface area contributed by atoms with Gasteiger partial charge in [0.05, 0.1) is 73.6 Å². The fourth-order valence-electron chi connectivity index (χ4n) is 10.3. The summed E-state index contributed by atoms with van der Waals surface area (Å²) in [5.74, 6) is -2.63. The molecule has 20 heteroatoms. The minimum Gasteiger partial charge on any atom is -0.462 e. The summed E-state index contributed by atoms with van der Waals surface area (Å²) in [6, 6.07) is 0. The predicted molar refractivity (Wildman–Crippen MR) is 284 cm³/mol. The summed E-state index contributed by atoms with van der Waals surface area (Å²) >= 11 is 0. The average Bonchev–Trinajstić information content (AvgIpc) is 3.61. The van der Waals surface area contributed by atoms with E-state index < -0.39 is 122 Å². The molecule has 0 aromatic rings. The van der Waals surface area contributed by atoms with Crippen molar-refractivity contribution in [3.05, 3.63) is 23.3 Å². The molecule has 2 rings (SSSR count). The Kier molecular flexibility index (Phi) is 33.7. The molecule has 0 saturated carbocycles. The maximum atomic E-state index is 14.1. The molecule has 75 heavy (non-hydrogen) atoms. The van der Waals surface area contributed by atoms with Gasteiger partial charge in [-0.15, -0.1) is 0 Å². The molecule has 0 bridgehead atoms. The molecular formula is C55H103N3O17. The SMILES string of the molecule is CCCCC1C(=O)OC(CCCN=C(N)N)C(C)C(O)C(C)/C=C(\C)CCCCC(O)CC(O)CC(O)CC(O)CC(O)C(O[C@H]2O[C@H](CO)[C@@H](O)[C@@H]2O)/C=C(\C)C(O)CCCC(O)CCCC(O)CCC(C)C1O. The van der Waals surface area contributed by atoms with Gasteiger partial charge in [0.1, 0.15) is 30.5 Å². The second-order valence-corrected chi connectivity index (χ2v) is 22.2. The van der Waals surface area contributed by atoms with E-state index in [0.29, 0.717) is 108 Å². The summed E-state index contributed by atoms with van der Waals surface area (Å²) in [7, 11) is 0. The molecule has 16 unspecified atom stereocenters. The summed E-state index contributed by atoms with van der Waals surface area (Å²) in [4.78, 5) is 18.2. The number of aliphatic hydroxyl groups excluding tert-OH is 13. The van der Waals surface area contributed by atoms with Crippen molar-refractivity contribution in [3.63, 3.8) is 0 Å². The molecule has 1 fully saturated rings. The minimum atomic E-state index is -1.59. The highest BCUT2D eigenvalue weighted by Gasteiger charge is 2.45. The number of aliphatic imine (C=N–C) groups is 1. The monoisotopic (exact) mass is 1080 g/mol. The largest absolute Gasteiger partial charge is 0.462 e. The Morgan fingerprint density at radius 1 is 0.653 bits per heavy atom. The number of nitrogens with two attached hydrogens (primary N) is 2. The van der Waals surface area contributed by atoms with Crippen molar-refractivity contribution in [1.82, 2.24) is 0 Å². The van der Waals surface area contributed by atoms with E-state index in [-0.39, 0.29) is 49.9 Å². The number of cyclic esters (lactones) is 1. The second kappa shape index (κ2) is 36.7. The fraction of sp³-hybridized carbons (Fsp3) is 0.891. The minimum absolute atomic E-state index is 0.0173. The molecule has 0 radical (unpaired) electrons. The lowest BCUT2D eigenvalue weighted by molar-refractivity contribution is -0.202. The maximum Gasteiger partial charge on any atom is 0.311 e. The zero-order valence-electron chi connectivity index (χ0n) is 46.0. The number of guanidine groups is 1. The molecule has 0 aliphatic carbocycles. The third-order valence-corrected chi connectivity index (χ3v) is 15.3. The van der Waals surface area contributed by atoms with E-state index >= 15 is 0 Å². The second-order valence-electron chi connectivity index (χ2n) is 22.2. The molecule has 17 N–H and O–H groups in total. The highest BCUT2D eigenvalue weighted by Crippen LogP contribution is 2.31. The van der Waals surface area contributed by atoms with Gasteiger partial charge in [0.15, 0.2) is 12.2 Å². The van der Waals surface area contributed by atoms with Crippen LogP contribution >= 0.6 is 0 Å². The molecule has 440 valence electrons. The van der Waals surface area contributed by atoms with E-state index in [1.54, 1.807) is 6.92 Å². The summed E-state index contributed by atoms with van der Waals surface area (Å²) in [5.41, 5.74) is 12.5. The number of nitrogens with zero attached hydrogens (tertiary/aromatic N) is 1. The molecule has 0 aromatic heterocycles. The van der Waals surface area contributed by atoms with E-state index in [1.165, 1.54) is 6.08 Å². The quantitative estimate of drug-likeness (QED) is 0.0490. The Labute approximate surface area is 446 Å². The standard InChI is InChI=1S/C55H103N3O17/c1-7-8-19-43-50(69)33(3)22-23-38(61)17-11-16-37(60)18-12-20-44(66)34(4)26-47(74-54-52(71)51(70)48(31-59)75-54)45(67)30-42(65)29-41(64)28-40(63)27-39(62)15-10-9-14-32(2)25-35(5)49(68)36(6)46(73-53(43)72)21-13-24-58-55(56)57/h25-26,33,35-52,54,59-71H,7-24,27-31H2,1-6H3,(H4,56,57,58)/b32-25+,34-26+/t33?,35?,36?,37?,38?,39?,40?,41?,42?,43?,44?,45?,46?,47?,48-,49?,50?,51-,52+,54+/m1/s1. The molecule has 2 heterocycles. The van der Waals surface area contributed by atoms with Gasteiger partial charge in [0.25, 0.3) is 0 Å². The van der Waals surface area contributed by atoms with Crippen LogP contribution in [0.4, 0.5) is 0 Å². The van der Waals surface area contributed by atoms with Crippen LogP contribution in [0.15, 0.2) is 28.3 Å². The number of aliphatic hydroxyl groups is 13. The van der Waals surface area contributed by atoms with Gasteiger partial charge >= 0.3 is 5.97 Å². The number of rotatable bonds is 10. The topological polar surface area (TPSA) is 372 Å². The van der Waals surface area contributed by atoms with E-state index in [0.717, 1.165) is 12.0 Å². The van der Waals surface area contributed by atoms with Gasteiger partial charge in [0.2, 0.25) is 0 Å². The van der Waals surface area contributed by atoms with Crippen LogP contribution in [-0.2, 0) is 19.0 Å². The van der Waals surface area contributed by atoms with Gasteiger partial charge in [0, 0.05) is 24.8 Å². The molecular weight excluding hydrogens is 975 g/mol. The summed E-state index contributed by atoms with van der Waals surface area (Å²) < 4.78 is 17.6. The molecule has 0 aromatic carbocycles. The molecule has 20 nitrogen and oxygen atoms in total. The maximum absolute atomic E-state index is 14.1. The predicted octanol–water partition coefficient (Wildman–Crippen LogP) is 2.25. The zero-order valence-corrected chi connectivity index (χ0v) is 46.0. The van der Waals surface area contributed by atoms with Crippen LogP contribution in [0, 0.1) is 23.7 Å². The van der Waals surface area contributed by atoms with Crippen LogP contribution in [0.3, 0.4) is 0 Å². The number of carbonyl (C=O) groups excluding carboxylic acids is 1. The van der Waals surface area contributed by atoms with E-state index in [2.05, 4.69) is 4.99 Å². The lowest BCUT2D eigenvalue weighted by Gasteiger charge is -2.33. The van der Waals surface area contributed by atoms with Crippen LogP contribution in [-0.4, -0.2) is 189 Å². The van der Waals surface area contributed by atoms with Crippen molar-refractivity contribution >= 4 is 11.9 Å². The highest BCUT2D eigenvalue weighted by molar-refractivity contribution is 5.75. The van der Waals surface area contributed by atoms with Crippen molar-refractivity contribution in [2.24, 2.45) is 40.1 Å². The van der Waals surface area contributed by atoms with Crippen LogP contribution in [0.2, 0.25) is 0 Å². The lowest BCUT2D eigenvalue weighted by Crippen LogP contribution is -2.41. The van der Waals surface area contributed by atoms with Crippen LogP contribution in [0.5, 0.6) is 0 Å². The van der Waals surface area contributed by atoms with Crippen molar-refractivity contribution in [1.29, 1.82) is 0 Å². The summed E-state index contributed by atoms with van der Waals surface area (Å²) in [5, 5.41) is 141. The molecule has 20 atom stereocenters. The van der Waals surface area contributed by atoms with Gasteiger partial charge in [-0.05, 0) is 134 Å². The van der Waals surface area contributed by atoms with Gasteiger partial charge in [-0.25, -0.2) is 0 Å².